The van der Waals surface area contributed by atoms with Gasteiger partial charge in [0.15, 0.2) is 0 Å². The van der Waals surface area contributed by atoms with Gasteiger partial charge in [0.2, 0.25) is 0 Å². The number of carboxylic acids is 1. The van der Waals surface area contributed by atoms with Crippen LogP contribution in [-0.2, 0) is 0 Å². The summed E-state index contributed by atoms with van der Waals surface area (Å²) in [6.45, 7) is 5.84. The Labute approximate surface area is 101 Å². The second kappa shape index (κ2) is 9.39. The molecule has 0 aliphatic heterocycles. The van der Waals surface area contributed by atoms with E-state index in [1.54, 1.807) is 0 Å². The highest BCUT2D eigenvalue weighted by atomic mass is 16.4. The van der Waals surface area contributed by atoms with Crippen LogP contribution in [0.4, 0.5) is 0 Å². The third-order valence-corrected chi connectivity index (χ3v) is 1.96. The first-order valence-corrected chi connectivity index (χ1v) is 5.54. The van der Waals surface area contributed by atoms with Gasteiger partial charge in [-0.3, -0.25) is 0 Å². The summed E-state index contributed by atoms with van der Waals surface area (Å²) in [5, 5.41) is 8.31. The number of hydrogen-bond acceptors (Lipinski definition) is 3. The maximum Gasteiger partial charge on any atom is 0.338 e. The van der Waals surface area contributed by atoms with Crippen LogP contribution in [0.2, 0.25) is 0 Å². The summed E-state index contributed by atoms with van der Waals surface area (Å²) in [5.41, 5.74) is -0.579. The third-order valence-electron chi connectivity index (χ3n) is 1.96. The van der Waals surface area contributed by atoms with Crippen LogP contribution in [0.1, 0.15) is 43.0 Å². The van der Waals surface area contributed by atoms with E-state index < -0.39 is 11.6 Å². The molecule has 1 heterocycles. The lowest BCUT2D eigenvalue weighted by Crippen LogP contribution is -2.00. The molecule has 0 bridgehead atoms. The number of hydrogen-bond donors (Lipinski definition) is 1. The summed E-state index contributed by atoms with van der Waals surface area (Å²) in [7, 11) is 0. The van der Waals surface area contributed by atoms with Crippen LogP contribution >= 0.6 is 0 Å². The minimum Gasteiger partial charge on any atom is -0.478 e. The monoisotopic (exact) mass is 238 g/mol. The Balaban J connectivity index is 0.000000325. The van der Waals surface area contributed by atoms with Gasteiger partial charge < -0.3 is 9.52 Å². The molecule has 94 valence electrons. The van der Waals surface area contributed by atoms with Crippen molar-refractivity contribution < 1.29 is 14.3 Å². The van der Waals surface area contributed by atoms with E-state index in [4.69, 9.17) is 5.11 Å². The van der Waals surface area contributed by atoms with E-state index in [0.29, 0.717) is 0 Å². The Bertz CT molecular complexity index is 372. The van der Waals surface area contributed by atoms with Crippen LogP contribution in [0.25, 0.3) is 0 Å². The molecule has 4 heteroatoms. The second-order valence-corrected chi connectivity index (χ2v) is 3.43. The van der Waals surface area contributed by atoms with Crippen molar-refractivity contribution in [3.05, 3.63) is 47.0 Å². The fourth-order valence-corrected chi connectivity index (χ4v) is 1.02. The predicted octanol–water partition coefficient (Wildman–Crippen LogP) is 3.09. The quantitative estimate of drug-likeness (QED) is 0.632. The van der Waals surface area contributed by atoms with Crippen LogP contribution < -0.4 is 5.63 Å². The fraction of sp³-hybridized carbons (Fsp3) is 0.385. The molecule has 0 aliphatic rings. The van der Waals surface area contributed by atoms with Gasteiger partial charge in [0.25, 0.3) is 0 Å². The molecule has 4 nitrogen and oxygen atoms in total. The molecule has 0 unspecified atom stereocenters. The average Bonchev–Trinajstić information content (AvgIpc) is 2.31. The minimum absolute atomic E-state index is 0.0281. The van der Waals surface area contributed by atoms with Crippen LogP contribution in [0.5, 0.6) is 0 Å². The smallest absolute Gasteiger partial charge is 0.338 e. The SMILES string of the molecule is C=CCCCCC.O=C(O)c1ccc(=O)oc1. The summed E-state index contributed by atoms with van der Waals surface area (Å²) in [6.07, 6.45) is 8.06. The van der Waals surface area contributed by atoms with Crippen LogP contribution in [-0.4, -0.2) is 11.1 Å². The largest absolute Gasteiger partial charge is 0.478 e. The highest BCUT2D eigenvalue weighted by molar-refractivity contribution is 5.86. The first kappa shape index (κ1) is 15.2. The molecular weight excluding hydrogens is 220 g/mol. The van der Waals surface area contributed by atoms with Crippen LogP contribution in [0.15, 0.2) is 40.3 Å². The van der Waals surface area contributed by atoms with Gasteiger partial charge in [-0.2, -0.15) is 0 Å². The number of allylic oxidation sites excluding steroid dienone is 1. The molecule has 0 atom stereocenters. The van der Waals surface area contributed by atoms with Crippen molar-refractivity contribution in [2.24, 2.45) is 0 Å². The van der Waals surface area contributed by atoms with E-state index in [9.17, 15) is 9.59 Å². The van der Waals surface area contributed by atoms with E-state index in [-0.39, 0.29) is 5.56 Å². The lowest BCUT2D eigenvalue weighted by atomic mass is 10.2. The minimum atomic E-state index is -1.11. The summed E-state index contributed by atoms with van der Waals surface area (Å²) < 4.78 is 4.28. The van der Waals surface area contributed by atoms with Gasteiger partial charge in [-0.15, -0.1) is 6.58 Å². The van der Waals surface area contributed by atoms with E-state index in [1.807, 2.05) is 6.08 Å². The third kappa shape index (κ3) is 8.02. The standard InChI is InChI=1S/C7H14.C6H4O4/c1-3-5-7-6-4-2;7-5-2-1-4(3-10-5)6(8)9/h3H,1,4-7H2,2H3;1-3H,(H,8,9). The van der Waals surface area contributed by atoms with E-state index in [2.05, 4.69) is 17.9 Å². The lowest BCUT2D eigenvalue weighted by Gasteiger charge is -1.87. The Morgan fingerprint density at radius 2 is 2.18 bits per heavy atom. The Hall–Kier alpha value is -1.84. The molecule has 1 aromatic heterocycles. The van der Waals surface area contributed by atoms with E-state index in [1.165, 1.54) is 31.7 Å². The van der Waals surface area contributed by atoms with Crippen molar-refractivity contribution in [2.45, 2.75) is 32.6 Å². The van der Waals surface area contributed by atoms with Gasteiger partial charge in [-0.05, 0) is 18.9 Å². The second-order valence-electron chi connectivity index (χ2n) is 3.43. The highest BCUT2D eigenvalue weighted by Gasteiger charge is 2.00. The molecule has 0 aromatic carbocycles. The topological polar surface area (TPSA) is 67.5 Å². The van der Waals surface area contributed by atoms with Crippen molar-refractivity contribution in [3.63, 3.8) is 0 Å². The first-order valence-electron chi connectivity index (χ1n) is 5.54. The molecule has 0 aliphatic carbocycles. The molecule has 0 amide bonds. The highest BCUT2D eigenvalue weighted by Crippen LogP contribution is 1.97. The number of rotatable bonds is 5. The molecule has 0 saturated carbocycles. The summed E-state index contributed by atoms with van der Waals surface area (Å²) in [4.78, 5) is 20.4. The molecule has 1 rings (SSSR count). The van der Waals surface area contributed by atoms with Crippen molar-refractivity contribution in [2.75, 3.05) is 0 Å². The lowest BCUT2D eigenvalue weighted by molar-refractivity contribution is 0.0694. The molecule has 0 saturated heterocycles. The Morgan fingerprint density at radius 1 is 1.47 bits per heavy atom. The maximum atomic E-state index is 10.3. The summed E-state index contributed by atoms with van der Waals surface area (Å²) >= 11 is 0. The number of aromatic carboxylic acids is 1. The maximum absolute atomic E-state index is 10.3. The van der Waals surface area contributed by atoms with Crippen molar-refractivity contribution >= 4 is 5.97 Å². The molecule has 1 N–H and O–H groups in total. The Kier molecular flexibility index (Phi) is 8.37. The van der Waals surface area contributed by atoms with Crippen molar-refractivity contribution in [1.29, 1.82) is 0 Å². The van der Waals surface area contributed by atoms with Gasteiger partial charge in [0.1, 0.15) is 6.26 Å². The molecule has 0 fully saturated rings. The Morgan fingerprint density at radius 3 is 2.59 bits per heavy atom. The number of unbranched alkanes of at least 4 members (excludes halogenated alkanes) is 3. The van der Waals surface area contributed by atoms with Crippen LogP contribution in [0, 0.1) is 0 Å². The first-order chi connectivity index (χ1) is 8.11. The zero-order chi connectivity index (χ0) is 13.1. The van der Waals surface area contributed by atoms with Crippen molar-refractivity contribution in [3.8, 4) is 0 Å². The van der Waals surface area contributed by atoms with Crippen LogP contribution in [0.3, 0.4) is 0 Å². The van der Waals surface area contributed by atoms with Gasteiger partial charge in [-0.1, -0.05) is 25.8 Å². The van der Waals surface area contributed by atoms with Crippen molar-refractivity contribution in [1.82, 2.24) is 0 Å². The number of carbonyl (C=O) groups is 1. The molecule has 17 heavy (non-hydrogen) atoms. The number of carboxylic acid groups (broad SMARTS) is 1. The van der Waals surface area contributed by atoms with Gasteiger partial charge in [0, 0.05) is 6.07 Å². The predicted molar refractivity (Wildman–Crippen MR) is 66.3 cm³/mol. The van der Waals surface area contributed by atoms with Gasteiger partial charge in [-0.25, -0.2) is 9.59 Å². The summed E-state index contributed by atoms with van der Waals surface area (Å²) in [5.74, 6) is -1.11. The fourth-order valence-electron chi connectivity index (χ4n) is 1.02. The molecular formula is C13H18O4. The molecule has 0 radical (unpaired) electrons. The van der Waals surface area contributed by atoms with Gasteiger partial charge in [0.05, 0.1) is 5.56 Å². The molecule has 1 aromatic rings. The summed E-state index contributed by atoms with van der Waals surface area (Å²) in [6, 6.07) is 2.25. The van der Waals surface area contributed by atoms with Gasteiger partial charge >= 0.3 is 11.6 Å². The van der Waals surface area contributed by atoms with E-state index in [0.717, 1.165) is 12.3 Å². The zero-order valence-electron chi connectivity index (χ0n) is 10.0. The molecule has 0 spiro atoms. The average molecular weight is 238 g/mol. The zero-order valence-corrected chi connectivity index (χ0v) is 10.0. The van der Waals surface area contributed by atoms with E-state index >= 15 is 0 Å². The normalized spacial score (nSPS) is 9.00.